The van der Waals surface area contributed by atoms with Gasteiger partial charge in [0.05, 0.1) is 17.0 Å². The summed E-state index contributed by atoms with van der Waals surface area (Å²) in [6.45, 7) is 0. The minimum atomic E-state index is 0.757. The SMILES string of the molecule is COc1ccc(CCc2ncc(-c3ccc(Cl)cc3)s2)cc1. The molecule has 0 saturated carbocycles. The van der Waals surface area contributed by atoms with Crippen LogP contribution in [0.1, 0.15) is 10.6 Å². The van der Waals surface area contributed by atoms with Crippen molar-refractivity contribution in [2.24, 2.45) is 0 Å². The van der Waals surface area contributed by atoms with Gasteiger partial charge in [0.25, 0.3) is 0 Å². The molecule has 0 aliphatic rings. The molecule has 112 valence electrons. The summed E-state index contributed by atoms with van der Waals surface area (Å²) in [7, 11) is 1.68. The van der Waals surface area contributed by atoms with Crippen LogP contribution in [0, 0.1) is 0 Å². The van der Waals surface area contributed by atoms with Crippen molar-refractivity contribution >= 4 is 22.9 Å². The second-order valence-corrected chi connectivity index (χ2v) is 6.52. The minimum Gasteiger partial charge on any atom is -0.497 e. The molecule has 0 amide bonds. The molecular formula is C18H16ClNOS. The number of halogens is 1. The zero-order chi connectivity index (χ0) is 15.4. The van der Waals surface area contributed by atoms with E-state index < -0.39 is 0 Å². The monoisotopic (exact) mass is 329 g/mol. The average molecular weight is 330 g/mol. The maximum absolute atomic E-state index is 5.92. The van der Waals surface area contributed by atoms with Crippen molar-refractivity contribution in [2.45, 2.75) is 12.8 Å². The number of methoxy groups -OCH3 is 1. The van der Waals surface area contributed by atoms with E-state index in [0.29, 0.717) is 0 Å². The summed E-state index contributed by atoms with van der Waals surface area (Å²) in [5, 5.41) is 1.91. The third kappa shape index (κ3) is 3.67. The number of aryl methyl sites for hydroxylation is 2. The van der Waals surface area contributed by atoms with Crippen molar-refractivity contribution < 1.29 is 4.74 Å². The lowest BCUT2D eigenvalue weighted by atomic mass is 10.1. The number of nitrogens with zero attached hydrogens (tertiary/aromatic N) is 1. The fraction of sp³-hybridized carbons (Fsp3) is 0.167. The first-order valence-electron chi connectivity index (χ1n) is 7.08. The first-order valence-corrected chi connectivity index (χ1v) is 8.27. The Hall–Kier alpha value is -1.84. The smallest absolute Gasteiger partial charge is 0.118 e. The fourth-order valence-corrected chi connectivity index (χ4v) is 3.27. The van der Waals surface area contributed by atoms with Gasteiger partial charge in [-0.05, 0) is 41.8 Å². The Bertz CT molecular complexity index is 735. The summed E-state index contributed by atoms with van der Waals surface area (Å²) in [6, 6.07) is 16.1. The quantitative estimate of drug-likeness (QED) is 0.637. The Labute approximate surface area is 139 Å². The molecule has 22 heavy (non-hydrogen) atoms. The second kappa shape index (κ2) is 6.95. The maximum atomic E-state index is 5.92. The fourth-order valence-electron chi connectivity index (χ4n) is 2.22. The van der Waals surface area contributed by atoms with Crippen molar-refractivity contribution in [1.29, 1.82) is 0 Å². The molecule has 0 spiro atoms. The number of hydrogen-bond acceptors (Lipinski definition) is 3. The highest BCUT2D eigenvalue weighted by Gasteiger charge is 2.05. The van der Waals surface area contributed by atoms with Crippen LogP contribution in [0.5, 0.6) is 5.75 Å². The van der Waals surface area contributed by atoms with E-state index in [4.69, 9.17) is 16.3 Å². The highest BCUT2D eigenvalue weighted by molar-refractivity contribution is 7.15. The molecule has 0 aliphatic carbocycles. The lowest BCUT2D eigenvalue weighted by Crippen LogP contribution is -1.90. The predicted molar refractivity (Wildman–Crippen MR) is 93.0 cm³/mol. The Kier molecular flexibility index (Phi) is 4.76. The molecule has 0 saturated heterocycles. The molecule has 1 aromatic heterocycles. The van der Waals surface area contributed by atoms with Crippen molar-refractivity contribution in [3.05, 3.63) is 70.3 Å². The summed E-state index contributed by atoms with van der Waals surface area (Å²) in [6.07, 6.45) is 3.87. The zero-order valence-electron chi connectivity index (χ0n) is 12.3. The molecule has 2 aromatic carbocycles. The van der Waals surface area contributed by atoms with E-state index in [-0.39, 0.29) is 0 Å². The van der Waals surface area contributed by atoms with Gasteiger partial charge >= 0.3 is 0 Å². The van der Waals surface area contributed by atoms with Crippen molar-refractivity contribution in [3.8, 4) is 16.2 Å². The third-order valence-electron chi connectivity index (χ3n) is 3.47. The summed E-state index contributed by atoms with van der Waals surface area (Å²) in [5.41, 5.74) is 2.46. The topological polar surface area (TPSA) is 22.1 Å². The second-order valence-electron chi connectivity index (χ2n) is 4.97. The van der Waals surface area contributed by atoms with Gasteiger partial charge < -0.3 is 4.74 Å². The van der Waals surface area contributed by atoms with Crippen LogP contribution in [0.15, 0.2) is 54.7 Å². The van der Waals surface area contributed by atoms with Crippen LogP contribution < -0.4 is 4.74 Å². The van der Waals surface area contributed by atoms with Crippen LogP contribution in [-0.2, 0) is 12.8 Å². The molecule has 0 aliphatic heterocycles. The molecule has 4 heteroatoms. The Balaban J connectivity index is 1.65. The van der Waals surface area contributed by atoms with Crippen LogP contribution in [0.25, 0.3) is 10.4 Å². The molecule has 3 rings (SSSR count). The predicted octanol–water partition coefficient (Wildman–Crippen LogP) is 5.26. The van der Waals surface area contributed by atoms with E-state index in [1.54, 1.807) is 18.4 Å². The number of thiazole rings is 1. The zero-order valence-corrected chi connectivity index (χ0v) is 13.8. The van der Waals surface area contributed by atoms with Crippen LogP contribution in [-0.4, -0.2) is 12.1 Å². The van der Waals surface area contributed by atoms with E-state index in [1.165, 1.54) is 10.4 Å². The standard InChI is InChI=1S/C18H16ClNOS/c1-21-16-9-2-13(3-10-16)4-11-18-20-12-17(22-18)14-5-7-15(19)8-6-14/h2-3,5-10,12H,4,11H2,1H3. The molecule has 0 unspecified atom stereocenters. The number of ether oxygens (including phenoxy) is 1. The summed E-state index contributed by atoms with van der Waals surface area (Å²) >= 11 is 7.66. The van der Waals surface area contributed by atoms with Gasteiger partial charge in [0.2, 0.25) is 0 Å². The van der Waals surface area contributed by atoms with Crippen LogP contribution in [0.2, 0.25) is 5.02 Å². The van der Waals surface area contributed by atoms with Gasteiger partial charge in [-0.3, -0.25) is 0 Å². The van der Waals surface area contributed by atoms with Gasteiger partial charge in [-0.1, -0.05) is 35.9 Å². The van der Waals surface area contributed by atoms with Crippen LogP contribution in [0.4, 0.5) is 0 Å². The van der Waals surface area contributed by atoms with E-state index in [1.807, 2.05) is 42.6 Å². The summed E-state index contributed by atoms with van der Waals surface area (Å²) < 4.78 is 5.17. The molecular weight excluding hydrogens is 314 g/mol. The molecule has 0 radical (unpaired) electrons. The lowest BCUT2D eigenvalue weighted by Gasteiger charge is -2.02. The van der Waals surface area contributed by atoms with Gasteiger partial charge in [-0.2, -0.15) is 0 Å². The molecule has 2 nitrogen and oxygen atoms in total. The van der Waals surface area contributed by atoms with E-state index in [0.717, 1.165) is 34.2 Å². The normalized spacial score (nSPS) is 10.6. The average Bonchev–Trinajstić information content (AvgIpc) is 3.03. The Morgan fingerprint density at radius 3 is 2.41 bits per heavy atom. The molecule has 0 atom stereocenters. The first-order chi connectivity index (χ1) is 10.7. The Morgan fingerprint density at radius 2 is 1.73 bits per heavy atom. The highest BCUT2D eigenvalue weighted by atomic mass is 35.5. The molecule has 1 heterocycles. The molecule has 3 aromatic rings. The number of aromatic nitrogens is 1. The van der Waals surface area contributed by atoms with Crippen molar-refractivity contribution in [1.82, 2.24) is 4.98 Å². The van der Waals surface area contributed by atoms with Gasteiger partial charge in [0.1, 0.15) is 5.75 Å². The lowest BCUT2D eigenvalue weighted by molar-refractivity contribution is 0.414. The molecule has 0 N–H and O–H groups in total. The molecule has 0 fully saturated rings. The van der Waals surface area contributed by atoms with Gasteiger partial charge in [-0.25, -0.2) is 4.98 Å². The largest absolute Gasteiger partial charge is 0.497 e. The van der Waals surface area contributed by atoms with Crippen molar-refractivity contribution in [3.63, 3.8) is 0 Å². The minimum absolute atomic E-state index is 0.757. The van der Waals surface area contributed by atoms with E-state index in [9.17, 15) is 0 Å². The number of hydrogen-bond donors (Lipinski definition) is 0. The van der Waals surface area contributed by atoms with Crippen molar-refractivity contribution in [2.75, 3.05) is 7.11 Å². The molecule has 0 bridgehead atoms. The van der Waals surface area contributed by atoms with Crippen LogP contribution >= 0.6 is 22.9 Å². The number of benzene rings is 2. The van der Waals surface area contributed by atoms with Gasteiger partial charge in [-0.15, -0.1) is 11.3 Å². The van der Waals surface area contributed by atoms with E-state index >= 15 is 0 Å². The highest BCUT2D eigenvalue weighted by Crippen LogP contribution is 2.28. The maximum Gasteiger partial charge on any atom is 0.118 e. The number of rotatable bonds is 5. The third-order valence-corrected chi connectivity index (χ3v) is 4.83. The van der Waals surface area contributed by atoms with E-state index in [2.05, 4.69) is 17.1 Å². The first kappa shape index (κ1) is 15.1. The van der Waals surface area contributed by atoms with Gasteiger partial charge in [0.15, 0.2) is 0 Å². The Morgan fingerprint density at radius 1 is 1.00 bits per heavy atom. The van der Waals surface area contributed by atoms with Gasteiger partial charge in [0, 0.05) is 17.6 Å². The summed E-state index contributed by atoms with van der Waals surface area (Å²) in [5.74, 6) is 0.892. The summed E-state index contributed by atoms with van der Waals surface area (Å²) in [4.78, 5) is 5.71. The van der Waals surface area contributed by atoms with Crippen LogP contribution in [0.3, 0.4) is 0 Å².